The minimum atomic E-state index is -0.651. The van der Waals surface area contributed by atoms with Crippen LogP contribution in [0.4, 0.5) is 0 Å². The van der Waals surface area contributed by atoms with Gasteiger partial charge in [-0.05, 0) is 31.2 Å². The Morgan fingerprint density at radius 1 is 1.14 bits per heavy atom. The highest BCUT2D eigenvalue weighted by molar-refractivity contribution is 7.99. The molecule has 0 bridgehead atoms. The van der Waals surface area contributed by atoms with Crippen LogP contribution in [-0.2, 0) is 15.3 Å². The lowest BCUT2D eigenvalue weighted by molar-refractivity contribution is -0.159. The number of ether oxygens (including phenoxy) is 2. The summed E-state index contributed by atoms with van der Waals surface area (Å²) in [5.74, 6) is 0.464. The van der Waals surface area contributed by atoms with Gasteiger partial charge in [-0.1, -0.05) is 30.3 Å². The van der Waals surface area contributed by atoms with Gasteiger partial charge in [-0.25, -0.2) is 0 Å². The zero-order valence-corrected chi connectivity index (χ0v) is 12.7. The molecule has 21 heavy (non-hydrogen) atoms. The van der Waals surface area contributed by atoms with E-state index in [1.165, 1.54) is 0 Å². The summed E-state index contributed by atoms with van der Waals surface area (Å²) in [6.07, 6.45) is 0.0639. The van der Waals surface area contributed by atoms with E-state index in [0.717, 1.165) is 16.2 Å². The van der Waals surface area contributed by atoms with E-state index >= 15 is 0 Å². The minimum absolute atomic E-state index is 0.0639. The second-order valence-electron chi connectivity index (χ2n) is 5.17. The van der Waals surface area contributed by atoms with Gasteiger partial charge >= 0.3 is 0 Å². The Kier molecular flexibility index (Phi) is 4.19. The number of aromatic hydroxyl groups is 1. The number of phenols is 1. The average Bonchev–Trinajstić information content (AvgIpc) is 2.91. The molecule has 3 nitrogen and oxygen atoms in total. The third-order valence-electron chi connectivity index (χ3n) is 3.51. The SMILES string of the molecule is CC1(c2ccccc2)OCC(CSc2ccc(O)cc2)O1. The van der Waals surface area contributed by atoms with Crippen molar-refractivity contribution >= 4 is 11.8 Å². The van der Waals surface area contributed by atoms with Crippen LogP contribution in [-0.4, -0.2) is 23.6 Å². The molecular weight excluding hydrogens is 284 g/mol. The van der Waals surface area contributed by atoms with Gasteiger partial charge in [0.05, 0.1) is 12.7 Å². The number of rotatable bonds is 4. The number of hydrogen-bond donors (Lipinski definition) is 1. The molecule has 2 aromatic carbocycles. The molecule has 2 atom stereocenters. The topological polar surface area (TPSA) is 38.7 Å². The molecule has 1 saturated heterocycles. The Bertz CT molecular complexity index is 585. The van der Waals surface area contributed by atoms with Crippen LogP contribution in [0.2, 0.25) is 0 Å². The molecule has 0 aliphatic carbocycles. The molecule has 0 amide bonds. The largest absolute Gasteiger partial charge is 0.508 e. The molecule has 1 heterocycles. The van der Waals surface area contributed by atoms with Gasteiger partial charge in [0, 0.05) is 16.2 Å². The molecule has 0 spiro atoms. The van der Waals surface area contributed by atoms with Crippen molar-refractivity contribution in [2.75, 3.05) is 12.4 Å². The van der Waals surface area contributed by atoms with Crippen molar-refractivity contribution in [3.8, 4) is 5.75 Å². The molecule has 1 N–H and O–H groups in total. The van der Waals surface area contributed by atoms with E-state index in [1.807, 2.05) is 49.4 Å². The van der Waals surface area contributed by atoms with E-state index in [4.69, 9.17) is 9.47 Å². The maximum Gasteiger partial charge on any atom is 0.192 e. The molecule has 4 heteroatoms. The molecular formula is C17H18O3S. The van der Waals surface area contributed by atoms with E-state index in [0.29, 0.717) is 6.61 Å². The second kappa shape index (κ2) is 6.10. The number of benzene rings is 2. The Labute approximate surface area is 128 Å². The van der Waals surface area contributed by atoms with Crippen LogP contribution in [0.3, 0.4) is 0 Å². The van der Waals surface area contributed by atoms with E-state index in [9.17, 15) is 5.11 Å². The van der Waals surface area contributed by atoms with Crippen molar-refractivity contribution < 1.29 is 14.6 Å². The fourth-order valence-corrected chi connectivity index (χ4v) is 3.22. The van der Waals surface area contributed by atoms with E-state index < -0.39 is 5.79 Å². The molecule has 1 fully saturated rings. The standard InChI is InChI=1S/C17H18O3S/c1-17(13-5-3-2-4-6-13)19-11-15(20-17)12-21-16-9-7-14(18)8-10-16/h2-10,15,18H,11-12H2,1H3. The maximum atomic E-state index is 9.28. The molecule has 110 valence electrons. The Balaban J connectivity index is 1.58. The van der Waals surface area contributed by atoms with Gasteiger partial charge in [-0.3, -0.25) is 0 Å². The van der Waals surface area contributed by atoms with Crippen LogP contribution in [0, 0.1) is 0 Å². The minimum Gasteiger partial charge on any atom is -0.508 e. The molecule has 2 aromatic rings. The summed E-state index contributed by atoms with van der Waals surface area (Å²) in [4.78, 5) is 1.12. The van der Waals surface area contributed by atoms with Crippen molar-refractivity contribution in [3.05, 3.63) is 60.2 Å². The third-order valence-corrected chi connectivity index (χ3v) is 4.65. The van der Waals surface area contributed by atoms with Crippen LogP contribution in [0.25, 0.3) is 0 Å². The number of hydrogen-bond acceptors (Lipinski definition) is 4. The lowest BCUT2D eigenvalue weighted by atomic mass is 10.1. The lowest BCUT2D eigenvalue weighted by Crippen LogP contribution is -2.24. The van der Waals surface area contributed by atoms with Gasteiger partial charge in [0.15, 0.2) is 5.79 Å². The highest BCUT2D eigenvalue weighted by atomic mass is 32.2. The van der Waals surface area contributed by atoms with Gasteiger partial charge in [-0.15, -0.1) is 11.8 Å². The third kappa shape index (κ3) is 3.40. The zero-order chi connectivity index (χ0) is 14.7. The average molecular weight is 302 g/mol. The first-order valence-electron chi connectivity index (χ1n) is 6.95. The van der Waals surface area contributed by atoms with Gasteiger partial charge < -0.3 is 14.6 Å². The van der Waals surface area contributed by atoms with Crippen LogP contribution in [0.5, 0.6) is 5.75 Å². The summed E-state index contributed by atoms with van der Waals surface area (Å²) in [7, 11) is 0. The summed E-state index contributed by atoms with van der Waals surface area (Å²) in [5, 5.41) is 9.28. The first-order chi connectivity index (χ1) is 10.2. The lowest BCUT2D eigenvalue weighted by Gasteiger charge is -2.23. The van der Waals surface area contributed by atoms with Crippen LogP contribution >= 0.6 is 11.8 Å². The maximum absolute atomic E-state index is 9.28. The van der Waals surface area contributed by atoms with Crippen molar-refractivity contribution in [2.24, 2.45) is 0 Å². The molecule has 1 aliphatic rings. The zero-order valence-electron chi connectivity index (χ0n) is 11.9. The number of thioether (sulfide) groups is 1. The molecule has 0 saturated carbocycles. The van der Waals surface area contributed by atoms with Crippen LogP contribution in [0.15, 0.2) is 59.5 Å². The molecule has 0 aromatic heterocycles. The summed E-state index contributed by atoms with van der Waals surface area (Å²) < 4.78 is 12.0. The smallest absolute Gasteiger partial charge is 0.192 e. The first-order valence-corrected chi connectivity index (χ1v) is 7.93. The monoisotopic (exact) mass is 302 g/mol. The van der Waals surface area contributed by atoms with Crippen molar-refractivity contribution in [3.63, 3.8) is 0 Å². The van der Waals surface area contributed by atoms with Crippen molar-refractivity contribution in [1.29, 1.82) is 0 Å². The van der Waals surface area contributed by atoms with E-state index in [2.05, 4.69) is 0 Å². The highest BCUT2D eigenvalue weighted by Gasteiger charge is 2.38. The Morgan fingerprint density at radius 3 is 2.57 bits per heavy atom. The molecule has 0 radical (unpaired) electrons. The van der Waals surface area contributed by atoms with Crippen molar-refractivity contribution in [2.45, 2.75) is 23.7 Å². The fraction of sp³-hybridized carbons (Fsp3) is 0.294. The van der Waals surface area contributed by atoms with Gasteiger partial charge in [0.1, 0.15) is 5.75 Å². The highest BCUT2D eigenvalue weighted by Crippen LogP contribution is 2.35. The quantitative estimate of drug-likeness (QED) is 0.873. The normalized spacial score (nSPS) is 25.1. The number of phenolic OH excluding ortho intramolecular Hbond substituents is 1. The molecule has 1 aliphatic heterocycles. The second-order valence-corrected chi connectivity index (χ2v) is 6.26. The predicted octanol–water partition coefficient (Wildman–Crippen LogP) is 3.77. The summed E-state index contributed by atoms with van der Waals surface area (Å²) >= 11 is 1.71. The van der Waals surface area contributed by atoms with E-state index in [-0.39, 0.29) is 11.9 Å². The summed E-state index contributed by atoms with van der Waals surface area (Å²) in [6, 6.07) is 17.2. The fourth-order valence-electron chi connectivity index (χ4n) is 2.34. The predicted molar refractivity (Wildman–Crippen MR) is 83.4 cm³/mol. The van der Waals surface area contributed by atoms with Gasteiger partial charge in [0.25, 0.3) is 0 Å². The van der Waals surface area contributed by atoms with Crippen LogP contribution < -0.4 is 0 Å². The molecule has 3 rings (SSSR count). The van der Waals surface area contributed by atoms with E-state index in [1.54, 1.807) is 23.9 Å². The van der Waals surface area contributed by atoms with Gasteiger partial charge in [0.2, 0.25) is 0 Å². The van der Waals surface area contributed by atoms with Gasteiger partial charge in [-0.2, -0.15) is 0 Å². The Hall–Kier alpha value is -1.49. The summed E-state index contributed by atoms with van der Waals surface area (Å²) in [6.45, 7) is 2.56. The van der Waals surface area contributed by atoms with Crippen molar-refractivity contribution in [1.82, 2.24) is 0 Å². The summed E-state index contributed by atoms with van der Waals surface area (Å²) in [5.41, 5.74) is 1.04. The van der Waals surface area contributed by atoms with Crippen LogP contribution in [0.1, 0.15) is 12.5 Å². The first kappa shape index (κ1) is 14.4. The molecule has 2 unspecified atom stereocenters. The Morgan fingerprint density at radius 2 is 1.86 bits per heavy atom.